The van der Waals surface area contributed by atoms with Crippen molar-refractivity contribution < 1.29 is 45.8 Å². The fraction of sp³-hybridized carbons (Fsp3) is 0.531. The van der Waals surface area contributed by atoms with E-state index in [4.69, 9.17) is 5.11 Å². The summed E-state index contributed by atoms with van der Waals surface area (Å²) >= 11 is 0. The molecule has 0 unspecified atom stereocenters. The molecule has 1 saturated carbocycles. The van der Waals surface area contributed by atoms with E-state index in [-0.39, 0.29) is 43.1 Å². The topological polar surface area (TPSA) is 90.0 Å². The lowest BCUT2D eigenvalue weighted by Gasteiger charge is -2.46. The number of halogens is 6. The summed E-state index contributed by atoms with van der Waals surface area (Å²) in [7, 11) is 0. The van der Waals surface area contributed by atoms with Crippen LogP contribution in [0.1, 0.15) is 86.3 Å². The molecule has 0 atom stereocenters. The fourth-order valence-electron chi connectivity index (χ4n) is 6.31. The maximum absolute atomic E-state index is 14.0. The van der Waals surface area contributed by atoms with Gasteiger partial charge in [0, 0.05) is 24.3 Å². The third-order valence-corrected chi connectivity index (χ3v) is 9.48. The van der Waals surface area contributed by atoms with E-state index in [1.54, 1.807) is 17.0 Å². The average Bonchev–Trinajstić information content (AvgIpc) is 3.22. The number of aliphatic carboxylic acids is 1. The van der Waals surface area contributed by atoms with Gasteiger partial charge < -0.3 is 15.3 Å². The third kappa shape index (κ3) is 7.55. The first-order valence-electron chi connectivity index (χ1n) is 14.8. The number of anilines is 1. The van der Waals surface area contributed by atoms with Gasteiger partial charge in [-0.15, -0.1) is 0 Å². The zero-order valence-corrected chi connectivity index (χ0v) is 25.3. The molecule has 13 heteroatoms. The number of nitrogens with one attached hydrogen (secondary N) is 1. The number of carboxylic acid groups (broad SMARTS) is 1. The summed E-state index contributed by atoms with van der Waals surface area (Å²) < 4.78 is 82.1. The minimum atomic E-state index is -5.05. The summed E-state index contributed by atoms with van der Waals surface area (Å²) in [4.78, 5) is 39.6. The molecule has 1 aliphatic heterocycles. The van der Waals surface area contributed by atoms with Crippen molar-refractivity contribution in [2.45, 2.75) is 83.7 Å². The van der Waals surface area contributed by atoms with Crippen molar-refractivity contribution in [2.24, 2.45) is 11.3 Å². The van der Waals surface area contributed by atoms with Gasteiger partial charge in [0.25, 0.3) is 5.91 Å². The summed E-state index contributed by atoms with van der Waals surface area (Å²) in [5.41, 5.74) is -3.36. The van der Waals surface area contributed by atoms with E-state index in [0.717, 1.165) is 24.2 Å². The van der Waals surface area contributed by atoms with Crippen LogP contribution in [0.3, 0.4) is 0 Å². The van der Waals surface area contributed by atoms with Gasteiger partial charge in [-0.05, 0) is 72.9 Å². The van der Waals surface area contributed by atoms with E-state index in [0.29, 0.717) is 36.5 Å². The zero-order chi connectivity index (χ0) is 33.4. The molecule has 4 rings (SSSR count). The molecular formula is C32H37F6N3O4. The molecule has 3 amide bonds. The Kier molecular flexibility index (Phi) is 9.51. The number of hydrogen-bond acceptors (Lipinski definition) is 3. The van der Waals surface area contributed by atoms with Crippen LogP contribution in [0.2, 0.25) is 0 Å². The van der Waals surface area contributed by atoms with E-state index in [1.807, 2.05) is 0 Å². The zero-order valence-electron chi connectivity index (χ0n) is 25.3. The predicted octanol–water partition coefficient (Wildman–Crippen LogP) is 7.74. The molecule has 2 N–H and O–H groups in total. The minimum absolute atomic E-state index is 0.0261. The lowest BCUT2D eigenvalue weighted by Crippen LogP contribution is -2.50. The van der Waals surface area contributed by atoms with Crippen LogP contribution in [0.25, 0.3) is 0 Å². The standard InChI is InChI=1S/C32H37F6N3O4/c1-4-29(2,3)22-9-12-30(13-10-22)19-40(25-16-23(31(33,34)35)15-24(17-25)32(36,37)38)28(45)41(30)18-20-5-7-21(8-6-20)27(44)39-14-11-26(42)43/h5-8,15-17,22H,4,9-14,18-19H2,1-3H3,(H,39,44)(H,42,43). The third-order valence-electron chi connectivity index (χ3n) is 9.48. The number of nitrogens with zero attached hydrogens (tertiary/aromatic N) is 2. The van der Waals surface area contributed by atoms with Crippen molar-refractivity contribution in [2.75, 3.05) is 18.0 Å². The van der Waals surface area contributed by atoms with E-state index >= 15 is 0 Å². The molecule has 2 aliphatic rings. The van der Waals surface area contributed by atoms with Crippen molar-refractivity contribution >= 4 is 23.6 Å². The van der Waals surface area contributed by atoms with E-state index in [2.05, 4.69) is 26.1 Å². The molecular weight excluding hydrogens is 604 g/mol. The minimum Gasteiger partial charge on any atom is -0.481 e. The van der Waals surface area contributed by atoms with E-state index < -0.39 is 52.6 Å². The molecule has 0 radical (unpaired) electrons. The van der Waals surface area contributed by atoms with Gasteiger partial charge in [0.1, 0.15) is 0 Å². The second-order valence-corrected chi connectivity index (χ2v) is 12.7. The number of alkyl halides is 6. The maximum atomic E-state index is 14.0. The van der Waals surface area contributed by atoms with Crippen LogP contribution in [-0.2, 0) is 23.7 Å². The Morgan fingerprint density at radius 3 is 2.00 bits per heavy atom. The number of carbonyl (C=O) groups is 3. The van der Waals surface area contributed by atoms with Gasteiger partial charge in [-0.3, -0.25) is 14.5 Å². The number of urea groups is 1. The number of amides is 3. The average molecular weight is 642 g/mol. The summed E-state index contributed by atoms with van der Waals surface area (Å²) in [6, 6.07) is 6.81. The highest BCUT2D eigenvalue weighted by Gasteiger charge is 2.53. The Bertz CT molecular complexity index is 1380. The van der Waals surface area contributed by atoms with Crippen molar-refractivity contribution in [3.8, 4) is 0 Å². The largest absolute Gasteiger partial charge is 0.481 e. The van der Waals surface area contributed by atoms with E-state index in [1.165, 1.54) is 12.1 Å². The summed E-state index contributed by atoms with van der Waals surface area (Å²) in [5.74, 6) is -1.20. The summed E-state index contributed by atoms with van der Waals surface area (Å²) in [6.07, 6.45) is -6.89. The summed E-state index contributed by atoms with van der Waals surface area (Å²) in [6.45, 7) is 6.34. The SMILES string of the molecule is CCC(C)(C)C1CCC2(CC1)CN(c1cc(C(F)(F)F)cc(C(F)(F)F)c1)C(=O)N2Cc1ccc(C(=O)NCCC(=O)O)cc1. The highest BCUT2D eigenvalue weighted by Crippen LogP contribution is 2.49. The molecule has 1 spiro atoms. The fourth-order valence-corrected chi connectivity index (χ4v) is 6.31. The van der Waals surface area contributed by atoms with Crippen LogP contribution in [0.15, 0.2) is 42.5 Å². The predicted molar refractivity (Wildman–Crippen MR) is 155 cm³/mol. The van der Waals surface area contributed by atoms with Gasteiger partial charge >= 0.3 is 24.4 Å². The summed E-state index contributed by atoms with van der Waals surface area (Å²) in [5, 5.41) is 11.3. The molecule has 1 heterocycles. The first-order chi connectivity index (χ1) is 20.9. The molecule has 246 valence electrons. The van der Waals surface area contributed by atoms with Crippen molar-refractivity contribution in [1.29, 1.82) is 0 Å². The number of benzene rings is 2. The number of rotatable bonds is 9. The van der Waals surface area contributed by atoms with Crippen molar-refractivity contribution in [1.82, 2.24) is 10.2 Å². The molecule has 2 aromatic carbocycles. The Hall–Kier alpha value is -3.77. The second-order valence-electron chi connectivity index (χ2n) is 12.7. The second kappa shape index (κ2) is 12.6. The highest BCUT2D eigenvalue weighted by molar-refractivity contribution is 5.96. The van der Waals surface area contributed by atoms with Crippen molar-refractivity contribution in [3.63, 3.8) is 0 Å². The van der Waals surface area contributed by atoms with Gasteiger partial charge in [-0.1, -0.05) is 39.3 Å². The molecule has 1 saturated heterocycles. The molecule has 7 nitrogen and oxygen atoms in total. The first kappa shape index (κ1) is 34.1. The van der Waals surface area contributed by atoms with Gasteiger partial charge in [-0.25, -0.2) is 4.79 Å². The first-order valence-corrected chi connectivity index (χ1v) is 14.8. The molecule has 0 aromatic heterocycles. The Morgan fingerprint density at radius 2 is 1.51 bits per heavy atom. The normalized spacial score (nSPS) is 21.0. The maximum Gasteiger partial charge on any atom is 0.416 e. The van der Waals surface area contributed by atoms with Crippen LogP contribution in [0, 0.1) is 11.3 Å². The molecule has 45 heavy (non-hydrogen) atoms. The number of carbonyl (C=O) groups excluding carboxylic acids is 2. The van der Waals surface area contributed by atoms with Crippen LogP contribution < -0.4 is 10.2 Å². The molecule has 2 aromatic rings. The van der Waals surface area contributed by atoms with Gasteiger partial charge in [-0.2, -0.15) is 26.3 Å². The van der Waals surface area contributed by atoms with Crippen LogP contribution >= 0.6 is 0 Å². The monoisotopic (exact) mass is 641 g/mol. The van der Waals surface area contributed by atoms with E-state index in [9.17, 15) is 40.7 Å². The Morgan fingerprint density at radius 1 is 0.956 bits per heavy atom. The van der Waals surface area contributed by atoms with Crippen LogP contribution in [0.5, 0.6) is 0 Å². The lowest BCUT2D eigenvalue weighted by molar-refractivity contribution is -0.143. The number of carboxylic acids is 1. The van der Waals surface area contributed by atoms with Crippen molar-refractivity contribution in [3.05, 3.63) is 64.7 Å². The smallest absolute Gasteiger partial charge is 0.416 e. The van der Waals surface area contributed by atoms with Gasteiger partial charge in [0.05, 0.1) is 29.6 Å². The van der Waals surface area contributed by atoms with Gasteiger partial charge in [0.2, 0.25) is 0 Å². The molecule has 2 fully saturated rings. The van der Waals surface area contributed by atoms with Crippen LogP contribution in [-0.4, -0.2) is 46.5 Å². The quantitative estimate of drug-likeness (QED) is 0.274. The lowest BCUT2D eigenvalue weighted by atomic mass is 9.65. The molecule has 0 bridgehead atoms. The van der Waals surface area contributed by atoms with Gasteiger partial charge in [0.15, 0.2) is 0 Å². The Labute approximate surface area is 257 Å². The Balaban J connectivity index is 1.66. The highest BCUT2D eigenvalue weighted by atomic mass is 19.4. The van der Waals surface area contributed by atoms with Crippen LogP contribution in [0.4, 0.5) is 36.8 Å². The molecule has 1 aliphatic carbocycles. The number of hydrogen-bond donors (Lipinski definition) is 2.